The zero-order valence-electron chi connectivity index (χ0n) is 12.6. The Balaban J connectivity index is 2.88. The Morgan fingerprint density at radius 1 is 1.28 bits per heavy atom. The third-order valence-electron chi connectivity index (χ3n) is 2.95. The second-order valence-electron chi connectivity index (χ2n) is 5.99. The van der Waals surface area contributed by atoms with Gasteiger partial charge in [0.1, 0.15) is 11.9 Å². The van der Waals surface area contributed by atoms with E-state index >= 15 is 0 Å². The van der Waals surface area contributed by atoms with Crippen molar-refractivity contribution < 1.29 is 4.74 Å². The third-order valence-corrected chi connectivity index (χ3v) is 2.95. The van der Waals surface area contributed by atoms with E-state index in [2.05, 4.69) is 65.1 Å². The second-order valence-corrected chi connectivity index (χ2v) is 5.99. The van der Waals surface area contributed by atoms with Crippen LogP contribution in [-0.4, -0.2) is 19.2 Å². The fraction of sp³-hybridized carbons (Fsp3) is 0.625. The van der Waals surface area contributed by atoms with Crippen LogP contribution in [-0.2, 0) is 5.41 Å². The lowest BCUT2D eigenvalue weighted by atomic mass is 9.85. The average molecular weight is 249 g/mol. The van der Waals surface area contributed by atoms with Gasteiger partial charge in [-0.25, -0.2) is 0 Å². The summed E-state index contributed by atoms with van der Waals surface area (Å²) in [4.78, 5) is 0. The molecule has 1 unspecified atom stereocenters. The van der Waals surface area contributed by atoms with Crippen molar-refractivity contribution in [1.29, 1.82) is 0 Å². The lowest BCUT2D eigenvalue weighted by molar-refractivity contribution is 0.213. The highest BCUT2D eigenvalue weighted by Gasteiger charge is 2.20. The van der Waals surface area contributed by atoms with Crippen LogP contribution in [0.25, 0.3) is 0 Å². The average Bonchev–Trinajstić information content (AvgIpc) is 2.27. The van der Waals surface area contributed by atoms with Crippen molar-refractivity contribution in [3.8, 4) is 5.75 Å². The van der Waals surface area contributed by atoms with Crippen molar-refractivity contribution in [2.75, 3.05) is 13.1 Å². The number of likely N-dealkylation sites (N-methyl/N-ethyl adjacent to an activating group) is 1. The van der Waals surface area contributed by atoms with Crippen LogP contribution in [0.5, 0.6) is 5.75 Å². The molecule has 0 saturated heterocycles. The molecule has 1 atom stereocenters. The van der Waals surface area contributed by atoms with Gasteiger partial charge in [-0.15, -0.1) is 0 Å². The lowest BCUT2D eigenvalue weighted by Gasteiger charge is -2.25. The molecule has 102 valence electrons. The molecule has 1 rings (SSSR count). The molecule has 0 aliphatic carbocycles. The predicted molar refractivity (Wildman–Crippen MR) is 78.5 cm³/mol. The van der Waals surface area contributed by atoms with E-state index in [0.717, 1.165) is 18.8 Å². The van der Waals surface area contributed by atoms with Crippen molar-refractivity contribution in [2.45, 2.75) is 53.1 Å². The molecule has 1 aromatic rings. The fourth-order valence-electron chi connectivity index (χ4n) is 1.94. The number of hydrogen-bond donors (Lipinski definition) is 1. The van der Waals surface area contributed by atoms with E-state index in [4.69, 9.17) is 4.74 Å². The van der Waals surface area contributed by atoms with Crippen LogP contribution < -0.4 is 10.1 Å². The van der Waals surface area contributed by atoms with Gasteiger partial charge in [0, 0.05) is 6.54 Å². The van der Waals surface area contributed by atoms with Crippen LogP contribution in [0.2, 0.25) is 0 Å². The molecule has 0 heterocycles. The molecule has 0 aliphatic rings. The summed E-state index contributed by atoms with van der Waals surface area (Å²) in [5.41, 5.74) is 2.68. The Hall–Kier alpha value is -1.02. The molecular formula is C16H27NO. The highest BCUT2D eigenvalue weighted by Crippen LogP contribution is 2.32. The van der Waals surface area contributed by atoms with E-state index in [1.165, 1.54) is 11.1 Å². The number of aryl methyl sites for hydroxylation is 1. The SMILES string of the molecule is CCNCC(C)Oc1ccc(C)cc1C(C)(C)C. The van der Waals surface area contributed by atoms with Crippen LogP contribution in [0.3, 0.4) is 0 Å². The van der Waals surface area contributed by atoms with E-state index in [1.807, 2.05) is 0 Å². The van der Waals surface area contributed by atoms with E-state index in [1.54, 1.807) is 0 Å². The number of rotatable bonds is 5. The van der Waals surface area contributed by atoms with Crippen molar-refractivity contribution >= 4 is 0 Å². The summed E-state index contributed by atoms with van der Waals surface area (Å²) in [7, 11) is 0. The molecule has 0 bridgehead atoms. The molecule has 0 fully saturated rings. The number of benzene rings is 1. The van der Waals surface area contributed by atoms with E-state index in [0.29, 0.717) is 0 Å². The molecular weight excluding hydrogens is 222 g/mol. The Kier molecular flexibility index (Phi) is 5.21. The van der Waals surface area contributed by atoms with E-state index in [-0.39, 0.29) is 11.5 Å². The van der Waals surface area contributed by atoms with E-state index < -0.39 is 0 Å². The van der Waals surface area contributed by atoms with Gasteiger partial charge < -0.3 is 10.1 Å². The molecule has 18 heavy (non-hydrogen) atoms. The van der Waals surface area contributed by atoms with Crippen LogP contribution in [0, 0.1) is 6.92 Å². The van der Waals surface area contributed by atoms with Gasteiger partial charge in [-0.1, -0.05) is 45.4 Å². The molecule has 0 aliphatic heterocycles. The molecule has 0 amide bonds. The standard InChI is InChI=1S/C16H27NO/c1-7-17-11-13(3)18-15-9-8-12(2)10-14(15)16(4,5)6/h8-10,13,17H,7,11H2,1-6H3. The molecule has 0 aromatic heterocycles. The maximum absolute atomic E-state index is 6.07. The van der Waals surface area contributed by atoms with Gasteiger partial charge in [0.15, 0.2) is 0 Å². The summed E-state index contributed by atoms with van der Waals surface area (Å²) < 4.78 is 6.07. The maximum atomic E-state index is 6.07. The molecule has 2 nitrogen and oxygen atoms in total. The van der Waals surface area contributed by atoms with Gasteiger partial charge in [0.25, 0.3) is 0 Å². The second kappa shape index (κ2) is 6.24. The largest absolute Gasteiger partial charge is 0.489 e. The van der Waals surface area contributed by atoms with Gasteiger partial charge >= 0.3 is 0 Å². The Bertz CT molecular complexity index is 379. The maximum Gasteiger partial charge on any atom is 0.123 e. The van der Waals surface area contributed by atoms with E-state index in [9.17, 15) is 0 Å². The number of ether oxygens (including phenoxy) is 1. The van der Waals surface area contributed by atoms with Crippen molar-refractivity contribution in [2.24, 2.45) is 0 Å². The van der Waals surface area contributed by atoms with Gasteiger partial charge in [-0.2, -0.15) is 0 Å². The summed E-state index contributed by atoms with van der Waals surface area (Å²) in [6.07, 6.45) is 0.189. The fourth-order valence-corrected chi connectivity index (χ4v) is 1.94. The summed E-state index contributed by atoms with van der Waals surface area (Å²) >= 11 is 0. The minimum absolute atomic E-state index is 0.110. The molecule has 0 spiro atoms. The zero-order valence-corrected chi connectivity index (χ0v) is 12.6. The Morgan fingerprint density at radius 3 is 2.50 bits per heavy atom. The first-order valence-electron chi connectivity index (χ1n) is 6.83. The first kappa shape index (κ1) is 15.0. The smallest absolute Gasteiger partial charge is 0.123 e. The van der Waals surface area contributed by atoms with Gasteiger partial charge in [-0.3, -0.25) is 0 Å². The van der Waals surface area contributed by atoms with Gasteiger partial charge in [0.2, 0.25) is 0 Å². The van der Waals surface area contributed by atoms with Gasteiger partial charge in [0.05, 0.1) is 0 Å². The van der Waals surface area contributed by atoms with Crippen LogP contribution in [0.4, 0.5) is 0 Å². The first-order chi connectivity index (χ1) is 8.34. The molecule has 1 N–H and O–H groups in total. The van der Waals surface area contributed by atoms with Crippen molar-refractivity contribution in [3.63, 3.8) is 0 Å². The molecule has 2 heteroatoms. The summed E-state index contributed by atoms with van der Waals surface area (Å²) in [5, 5.41) is 3.31. The molecule has 1 aromatic carbocycles. The third kappa shape index (κ3) is 4.34. The van der Waals surface area contributed by atoms with Crippen LogP contribution in [0.15, 0.2) is 18.2 Å². The highest BCUT2D eigenvalue weighted by molar-refractivity contribution is 5.41. The molecule has 0 radical (unpaired) electrons. The first-order valence-corrected chi connectivity index (χ1v) is 6.83. The summed E-state index contributed by atoms with van der Waals surface area (Å²) in [5.74, 6) is 1.01. The van der Waals surface area contributed by atoms with Crippen molar-refractivity contribution in [1.82, 2.24) is 5.32 Å². The lowest BCUT2D eigenvalue weighted by Crippen LogP contribution is -2.29. The minimum Gasteiger partial charge on any atom is -0.489 e. The number of hydrogen-bond acceptors (Lipinski definition) is 2. The quantitative estimate of drug-likeness (QED) is 0.859. The highest BCUT2D eigenvalue weighted by atomic mass is 16.5. The van der Waals surface area contributed by atoms with Crippen LogP contribution in [0.1, 0.15) is 45.7 Å². The zero-order chi connectivity index (χ0) is 13.8. The number of nitrogens with one attached hydrogen (secondary N) is 1. The normalized spacial score (nSPS) is 13.4. The monoisotopic (exact) mass is 249 g/mol. The molecule has 0 saturated carbocycles. The van der Waals surface area contributed by atoms with Crippen molar-refractivity contribution in [3.05, 3.63) is 29.3 Å². The minimum atomic E-state index is 0.110. The summed E-state index contributed by atoms with van der Waals surface area (Å²) in [6.45, 7) is 14.9. The topological polar surface area (TPSA) is 21.3 Å². The summed E-state index contributed by atoms with van der Waals surface area (Å²) in [6, 6.07) is 6.44. The Morgan fingerprint density at radius 2 is 1.94 bits per heavy atom. The van der Waals surface area contributed by atoms with Gasteiger partial charge in [-0.05, 0) is 37.4 Å². The predicted octanol–water partition coefficient (Wildman–Crippen LogP) is 3.67. The Labute approximate surface area is 112 Å². The van der Waals surface area contributed by atoms with Crippen LogP contribution >= 0.6 is 0 Å².